The minimum Gasteiger partial charge on any atom is -0.435 e. The number of aromatic amines is 1. The number of hydrogen-bond donors (Lipinski definition) is 1. The van der Waals surface area contributed by atoms with Crippen LogP contribution in [0.2, 0.25) is 0 Å². The van der Waals surface area contributed by atoms with Gasteiger partial charge in [0.1, 0.15) is 5.52 Å². The molecule has 0 amide bonds. The van der Waals surface area contributed by atoms with Gasteiger partial charge in [-0.15, -0.1) is 0 Å². The number of para-hydroxylation sites is 2. The van der Waals surface area contributed by atoms with Crippen molar-refractivity contribution in [1.29, 1.82) is 0 Å². The first kappa shape index (κ1) is 12.8. The predicted molar refractivity (Wildman–Crippen MR) is 84.8 cm³/mol. The number of oxazole rings is 1. The highest BCUT2D eigenvalue weighted by molar-refractivity contribution is 5.79. The number of nitrogens with one attached hydrogen (secondary N) is 1. The molecule has 108 valence electrons. The molecule has 2 aromatic heterocycles. The smallest absolute Gasteiger partial charge is 0.279 e. The fourth-order valence-corrected chi connectivity index (χ4v) is 2.46. The summed E-state index contributed by atoms with van der Waals surface area (Å²) in [5.74, 6) is 0.243. The topological polar surface area (TPSA) is 71.8 Å². The maximum absolute atomic E-state index is 12.2. The summed E-state index contributed by atoms with van der Waals surface area (Å²) in [4.78, 5) is 23.8. The van der Waals surface area contributed by atoms with E-state index < -0.39 is 0 Å². The molecule has 5 heteroatoms. The number of aromatic nitrogens is 3. The average molecular weight is 291 g/mol. The van der Waals surface area contributed by atoms with E-state index in [1.165, 1.54) is 0 Å². The Morgan fingerprint density at radius 3 is 2.64 bits per heavy atom. The van der Waals surface area contributed by atoms with Gasteiger partial charge in [-0.25, -0.2) is 9.97 Å². The fraction of sp³-hybridized carbons (Fsp3) is 0.118. The second-order valence-electron chi connectivity index (χ2n) is 5.35. The Hall–Kier alpha value is -2.95. The third kappa shape index (κ3) is 1.90. The molecular weight excluding hydrogens is 278 g/mol. The molecule has 2 heterocycles. The van der Waals surface area contributed by atoms with E-state index in [-0.39, 0.29) is 17.1 Å². The molecule has 0 unspecified atom stereocenters. The molecule has 0 aliphatic rings. The lowest BCUT2D eigenvalue weighted by atomic mass is 10.1. The van der Waals surface area contributed by atoms with Gasteiger partial charge in [0.15, 0.2) is 11.3 Å². The molecule has 0 fully saturated rings. The minimum atomic E-state index is -0.307. The van der Waals surface area contributed by atoms with Crippen LogP contribution < -0.4 is 5.56 Å². The Balaban J connectivity index is 1.98. The number of aryl methyl sites for hydroxylation is 2. The highest BCUT2D eigenvalue weighted by atomic mass is 16.3. The third-order valence-corrected chi connectivity index (χ3v) is 3.81. The van der Waals surface area contributed by atoms with Crippen molar-refractivity contribution < 1.29 is 4.42 Å². The van der Waals surface area contributed by atoms with Crippen LogP contribution in [0.5, 0.6) is 0 Å². The second-order valence-corrected chi connectivity index (χ2v) is 5.35. The normalized spacial score (nSPS) is 11.4. The molecule has 22 heavy (non-hydrogen) atoms. The van der Waals surface area contributed by atoms with Gasteiger partial charge in [-0.2, -0.15) is 0 Å². The summed E-state index contributed by atoms with van der Waals surface area (Å²) in [6.45, 7) is 4.03. The third-order valence-electron chi connectivity index (χ3n) is 3.81. The van der Waals surface area contributed by atoms with E-state index >= 15 is 0 Å². The number of rotatable bonds is 1. The van der Waals surface area contributed by atoms with Gasteiger partial charge in [0.25, 0.3) is 11.4 Å². The molecule has 0 atom stereocenters. The maximum Gasteiger partial charge on any atom is 0.279 e. The molecule has 0 spiro atoms. The van der Waals surface area contributed by atoms with Gasteiger partial charge in [-0.3, -0.25) is 4.79 Å². The van der Waals surface area contributed by atoms with Crippen LogP contribution in [0.3, 0.4) is 0 Å². The van der Waals surface area contributed by atoms with Gasteiger partial charge in [0.05, 0.1) is 11.0 Å². The zero-order chi connectivity index (χ0) is 15.3. The van der Waals surface area contributed by atoms with Crippen LogP contribution in [0.15, 0.2) is 45.6 Å². The SMILES string of the molecule is Cc1cc2nc(-c3nc4ccccc4[nH]c3=O)oc2cc1C. The number of H-pyrrole nitrogens is 1. The molecule has 0 aliphatic carbocycles. The zero-order valence-corrected chi connectivity index (χ0v) is 12.2. The summed E-state index contributed by atoms with van der Waals surface area (Å²) in [6, 6.07) is 11.3. The monoisotopic (exact) mass is 291 g/mol. The Morgan fingerprint density at radius 1 is 1.00 bits per heavy atom. The molecule has 0 bridgehead atoms. The van der Waals surface area contributed by atoms with Crippen molar-refractivity contribution >= 4 is 22.1 Å². The van der Waals surface area contributed by atoms with E-state index in [0.29, 0.717) is 16.6 Å². The van der Waals surface area contributed by atoms with Crippen molar-refractivity contribution in [2.45, 2.75) is 13.8 Å². The summed E-state index contributed by atoms with van der Waals surface area (Å²) in [5, 5.41) is 0. The molecule has 5 nitrogen and oxygen atoms in total. The Labute approximate surface area is 125 Å². The molecule has 0 radical (unpaired) electrons. The molecule has 0 aliphatic heterocycles. The van der Waals surface area contributed by atoms with Crippen molar-refractivity contribution in [3.63, 3.8) is 0 Å². The molecular formula is C17H13N3O2. The van der Waals surface area contributed by atoms with Gasteiger partial charge in [-0.05, 0) is 49.2 Å². The number of nitrogens with zero attached hydrogens (tertiary/aromatic N) is 2. The predicted octanol–water partition coefficient (Wildman–Crippen LogP) is 3.35. The van der Waals surface area contributed by atoms with Crippen molar-refractivity contribution in [3.8, 4) is 11.6 Å². The van der Waals surface area contributed by atoms with E-state index in [4.69, 9.17) is 4.42 Å². The van der Waals surface area contributed by atoms with E-state index in [2.05, 4.69) is 15.0 Å². The molecule has 0 saturated carbocycles. The lowest BCUT2D eigenvalue weighted by Crippen LogP contribution is -2.11. The maximum atomic E-state index is 12.2. The van der Waals surface area contributed by atoms with Gasteiger partial charge >= 0.3 is 0 Å². The standard InChI is InChI=1S/C17H13N3O2/c1-9-7-13-14(8-10(9)2)22-17(20-13)15-16(21)19-12-6-4-3-5-11(12)18-15/h3-8H,1-2H3,(H,19,21). The number of benzene rings is 2. The molecule has 1 N–H and O–H groups in total. The Morgan fingerprint density at radius 2 is 1.77 bits per heavy atom. The Bertz CT molecular complexity index is 1040. The number of hydrogen-bond acceptors (Lipinski definition) is 4. The van der Waals surface area contributed by atoms with Crippen LogP contribution in [0.25, 0.3) is 33.7 Å². The Kier molecular flexibility index (Phi) is 2.63. The van der Waals surface area contributed by atoms with E-state index in [9.17, 15) is 4.79 Å². The average Bonchev–Trinajstić information content (AvgIpc) is 2.89. The first-order valence-corrected chi connectivity index (χ1v) is 6.99. The highest BCUT2D eigenvalue weighted by Gasteiger charge is 2.15. The largest absolute Gasteiger partial charge is 0.435 e. The lowest BCUT2D eigenvalue weighted by molar-refractivity contribution is 0.615. The molecule has 4 rings (SSSR count). The van der Waals surface area contributed by atoms with Gasteiger partial charge < -0.3 is 9.40 Å². The van der Waals surface area contributed by atoms with Crippen LogP contribution in [0.4, 0.5) is 0 Å². The zero-order valence-electron chi connectivity index (χ0n) is 12.2. The van der Waals surface area contributed by atoms with Crippen LogP contribution in [0, 0.1) is 13.8 Å². The van der Waals surface area contributed by atoms with Crippen molar-refractivity contribution in [1.82, 2.24) is 15.0 Å². The van der Waals surface area contributed by atoms with Crippen LogP contribution >= 0.6 is 0 Å². The van der Waals surface area contributed by atoms with Crippen molar-refractivity contribution in [2.24, 2.45) is 0 Å². The van der Waals surface area contributed by atoms with Gasteiger partial charge in [0, 0.05) is 0 Å². The first-order valence-electron chi connectivity index (χ1n) is 6.99. The quantitative estimate of drug-likeness (QED) is 0.583. The summed E-state index contributed by atoms with van der Waals surface area (Å²) in [7, 11) is 0. The van der Waals surface area contributed by atoms with E-state index in [1.807, 2.05) is 50.2 Å². The summed E-state index contributed by atoms with van der Waals surface area (Å²) >= 11 is 0. The molecule has 0 saturated heterocycles. The lowest BCUT2D eigenvalue weighted by Gasteiger charge is -1.98. The van der Waals surface area contributed by atoms with Gasteiger partial charge in [0.2, 0.25) is 0 Å². The second kappa shape index (κ2) is 4.53. The number of fused-ring (bicyclic) bond motifs is 2. The van der Waals surface area contributed by atoms with Crippen LogP contribution in [-0.2, 0) is 0 Å². The highest BCUT2D eigenvalue weighted by Crippen LogP contribution is 2.24. The fourth-order valence-electron chi connectivity index (χ4n) is 2.46. The van der Waals surface area contributed by atoms with Crippen molar-refractivity contribution in [3.05, 3.63) is 57.9 Å². The van der Waals surface area contributed by atoms with Crippen LogP contribution in [-0.4, -0.2) is 15.0 Å². The summed E-state index contributed by atoms with van der Waals surface area (Å²) in [6.07, 6.45) is 0. The van der Waals surface area contributed by atoms with E-state index in [0.717, 1.165) is 16.6 Å². The molecule has 2 aromatic carbocycles. The minimum absolute atomic E-state index is 0.199. The van der Waals surface area contributed by atoms with Gasteiger partial charge in [-0.1, -0.05) is 12.1 Å². The van der Waals surface area contributed by atoms with Crippen LogP contribution in [0.1, 0.15) is 11.1 Å². The molecule has 4 aromatic rings. The first-order chi connectivity index (χ1) is 10.6. The summed E-state index contributed by atoms with van der Waals surface area (Å²) < 4.78 is 5.73. The van der Waals surface area contributed by atoms with Crippen molar-refractivity contribution in [2.75, 3.05) is 0 Å². The van der Waals surface area contributed by atoms with E-state index in [1.54, 1.807) is 0 Å². The summed E-state index contributed by atoms with van der Waals surface area (Å²) in [5.41, 5.74) is 4.93.